The third kappa shape index (κ3) is 3.74. The first-order valence-corrected chi connectivity index (χ1v) is 7.97. The van der Waals surface area contributed by atoms with Crippen molar-refractivity contribution in [2.45, 2.75) is 18.9 Å². The molecule has 1 saturated heterocycles. The van der Waals surface area contributed by atoms with Crippen LogP contribution >= 0.6 is 0 Å². The lowest BCUT2D eigenvalue weighted by molar-refractivity contribution is 0.0910. The topological polar surface area (TPSA) is 54.7 Å². The van der Waals surface area contributed by atoms with Gasteiger partial charge >= 0.3 is 0 Å². The van der Waals surface area contributed by atoms with Gasteiger partial charge in [-0.05, 0) is 55.8 Å². The number of amides is 1. The van der Waals surface area contributed by atoms with Crippen LogP contribution < -0.4 is 10.1 Å². The summed E-state index contributed by atoms with van der Waals surface area (Å²) in [5.41, 5.74) is 1.19. The van der Waals surface area contributed by atoms with E-state index in [0.717, 1.165) is 18.8 Å². The fraction of sp³-hybridized carbons (Fsp3) is 0.389. The molecule has 0 saturated carbocycles. The number of carbonyl (C=O) groups excluding carboxylic acids is 1. The van der Waals surface area contributed by atoms with Gasteiger partial charge in [-0.1, -0.05) is 12.1 Å². The lowest BCUT2D eigenvalue weighted by Gasteiger charge is -2.28. The molecule has 0 bridgehead atoms. The minimum atomic E-state index is -0.173. The Morgan fingerprint density at radius 2 is 2.00 bits per heavy atom. The van der Waals surface area contributed by atoms with Crippen molar-refractivity contribution < 1.29 is 13.9 Å². The van der Waals surface area contributed by atoms with E-state index in [4.69, 9.17) is 9.15 Å². The Balaban J connectivity index is 1.71. The number of likely N-dealkylation sites (tertiary alicyclic amines) is 1. The number of rotatable bonds is 6. The Hall–Kier alpha value is -2.27. The molecule has 0 spiro atoms. The van der Waals surface area contributed by atoms with Gasteiger partial charge in [0.1, 0.15) is 5.75 Å². The van der Waals surface area contributed by atoms with Crippen molar-refractivity contribution in [1.82, 2.24) is 10.2 Å². The monoisotopic (exact) mass is 314 g/mol. The van der Waals surface area contributed by atoms with Crippen LogP contribution in [-0.2, 0) is 0 Å². The number of nitrogens with one attached hydrogen (secondary N) is 1. The summed E-state index contributed by atoms with van der Waals surface area (Å²) in [4.78, 5) is 14.5. The molecule has 1 aliphatic rings. The van der Waals surface area contributed by atoms with Crippen molar-refractivity contribution in [2.24, 2.45) is 0 Å². The molecule has 1 amide bonds. The molecule has 23 heavy (non-hydrogen) atoms. The number of ether oxygens (including phenoxy) is 1. The lowest BCUT2D eigenvalue weighted by atomic mass is 10.1. The molecule has 2 heterocycles. The van der Waals surface area contributed by atoms with Crippen molar-refractivity contribution in [2.75, 3.05) is 26.7 Å². The quantitative estimate of drug-likeness (QED) is 0.891. The SMILES string of the molecule is COc1ccc([C@@H](CNC(=O)c2ccco2)N2CCCC2)cc1. The number of methoxy groups -OCH3 is 1. The Morgan fingerprint density at radius 3 is 2.61 bits per heavy atom. The number of hydrogen-bond acceptors (Lipinski definition) is 4. The lowest BCUT2D eigenvalue weighted by Crippen LogP contribution is -2.36. The van der Waals surface area contributed by atoms with Gasteiger partial charge in [-0.2, -0.15) is 0 Å². The van der Waals surface area contributed by atoms with Crippen molar-refractivity contribution in [3.8, 4) is 5.75 Å². The van der Waals surface area contributed by atoms with Crippen LogP contribution in [0.1, 0.15) is 35.0 Å². The normalized spacial score (nSPS) is 16.2. The van der Waals surface area contributed by atoms with Gasteiger partial charge in [-0.15, -0.1) is 0 Å². The van der Waals surface area contributed by atoms with E-state index in [1.165, 1.54) is 24.7 Å². The smallest absolute Gasteiger partial charge is 0.287 e. The Kier molecular flexibility index (Phi) is 4.98. The molecular weight excluding hydrogens is 292 g/mol. The molecule has 1 aromatic heterocycles. The highest BCUT2D eigenvalue weighted by atomic mass is 16.5. The average Bonchev–Trinajstić information content (AvgIpc) is 3.29. The van der Waals surface area contributed by atoms with Crippen LogP contribution in [0.4, 0.5) is 0 Å². The zero-order chi connectivity index (χ0) is 16.1. The van der Waals surface area contributed by atoms with Crippen molar-refractivity contribution in [1.29, 1.82) is 0 Å². The standard InChI is InChI=1S/C18H22N2O3/c1-22-15-8-6-14(7-9-15)16(20-10-2-3-11-20)13-19-18(21)17-5-4-12-23-17/h4-9,12,16H,2-3,10-11,13H2,1H3,(H,19,21)/t16-/m1/s1. The molecule has 0 radical (unpaired) electrons. The molecule has 1 aliphatic heterocycles. The number of carbonyl (C=O) groups is 1. The first-order chi connectivity index (χ1) is 11.3. The van der Waals surface area contributed by atoms with E-state index in [1.807, 2.05) is 12.1 Å². The summed E-state index contributed by atoms with van der Waals surface area (Å²) in [6.07, 6.45) is 3.92. The maximum atomic E-state index is 12.1. The average molecular weight is 314 g/mol. The number of nitrogens with zero attached hydrogens (tertiary/aromatic N) is 1. The van der Waals surface area contributed by atoms with Gasteiger partial charge in [0.05, 0.1) is 19.4 Å². The fourth-order valence-corrected chi connectivity index (χ4v) is 3.02. The second-order valence-corrected chi connectivity index (χ2v) is 5.72. The van der Waals surface area contributed by atoms with Gasteiger partial charge in [0.2, 0.25) is 0 Å². The molecular formula is C18H22N2O3. The largest absolute Gasteiger partial charge is 0.497 e. The predicted octanol–water partition coefficient (Wildman–Crippen LogP) is 2.86. The molecule has 3 rings (SSSR count). The van der Waals surface area contributed by atoms with E-state index in [-0.39, 0.29) is 11.9 Å². The Bertz CT molecular complexity index is 616. The summed E-state index contributed by atoms with van der Waals surface area (Å²) in [5, 5.41) is 2.98. The summed E-state index contributed by atoms with van der Waals surface area (Å²) in [6.45, 7) is 2.69. The number of furan rings is 1. The maximum Gasteiger partial charge on any atom is 0.287 e. The summed E-state index contributed by atoms with van der Waals surface area (Å²) >= 11 is 0. The molecule has 1 N–H and O–H groups in total. The third-order valence-electron chi connectivity index (χ3n) is 4.28. The van der Waals surface area contributed by atoms with Crippen LogP contribution in [0.3, 0.4) is 0 Å². The minimum absolute atomic E-state index is 0.169. The van der Waals surface area contributed by atoms with Crippen LogP contribution in [0.5, 0.6) is 5.75 Å². The van der Waals surface area contributed by atoms with E-state index in [0.29, 0.717) is 12.3 Å². The van der Waals surface area contributed by atoms with Gasteiger partial charge in [0.25, 0.3) is 5.91 Å². The second kappa shape index (κ2) is 7.33. The van der Waals surface area contributed by atoms with Crippen LogP contribution in [0, 0.1) is 0 Å². The molecule has 2 aromatic rings. The van der Waals surface area contributed by atoms with Gasteiger partial charge in [0, 0.05) is 6.54 Å². The highest BCUT2D eigenvalue weighted by molar-refractivity contribution is 5.91. The molecule has 1 aromatic carbocycles. The minimum Gasteiger partial charge on any atom is -0.497 e. The highest BCUT2D eigenvalue weighted by Crippen LogP contribution is 2.26. The summed E-state index contributed by atoms with van der Waals surface area (Å²) in [7, 11) is 1.66. The molecule has 122 valence electrons. The fourth-order valence-electron chi connectivity index (χ4n) is 3.02. The predicted molar refractivity (Wildman–Crippen MR) is 87.6 cm³/mol. The molecule has 1 atom stereocenters. The van der Waals surface area contributed by atoms with Crippen LogP contribution in [0.15, 0.2) is 47.1 Å². The zero-order valence-corrected chi connectivity index (χ0v) is 13.3. The van der Waals surface area contributed by atoms with E-state index < -0.39 is 0 Å². The van der Waals surface area contributed by atoms with Crippen LogP contribution in [0.2, 0.25) is 0 Å². The second-order valence-electron chi connectivity index (χ2n) is 5.72. The molecule has 0 aliphatic carbocycles. The molecule has 0 unspecified atom stereocenters. The number of hydrogen-bond donors (Lipinski definition) is 1. The van der Waals surface area contributed by atoms with Crippen LogP contribution in [-0.4, -0.2) is 37.6 Å². The molecule has 5 nitrogen and oxygen atoms in total. The summed E-state index contributed by atoms with van der Waals surface area (Å²) in [5.74, 6) is 1.01. The highest BCUT2D eigenvalue weighted by Gasteiger charge is 2.24. The molecule has 1 fully saturated rings. The van der Waals surface area contributed by atoms with Crippen LogP contribution in [0.25, 0.3) is 0 Å². The first-order valence-electron chi connectivity index (χ1n) is 7.97. The maximum absolute atomic E-state index is 12.1. The van der Waals surface area contributed by atoms with Crippen molar-refractivity contribution in [3.05, 3.63) is 54.0 Å². The molecule has 5 heteroatoms. The zero-order valence-electron chi connectivity index (χ0n) is 13.3. The van der Waals surface area contributed by atoms with Gasteiger partial charge in [0.15, 0.2) is 5.76 Å². The van der Waals surface area contributed by atoms with E-state index >= 15 is 0 Å². The number of benzene rings is 1. The van der Waals surface area contributed by atoms with E-state index in [2.05, 4.69) is 22.3 Å². The van der Waals surface area contributed by atoms with Crippen molar-refractivity contribution in [3.63, 3.8) is 0 Å². The Morgan fingerprint density at radius 1 is 1.26 bits per heavy atom. The summed E-state index contributed by atoms with van der Waals surface area (Å²) < 4.78 is 10.4. The Labute approximate surface area is 136 Å². The van der Waals surface area contributed by atoms with Gasteiger partial charge in [-0.3, -0.25) is 9.69 Å². The first kappa shape index (κ1) is 15.6. The van der Waals surface area contributed by atoms with Gasteiger partial charge in [-0.25, -0.2) is 0 Å². The van der Waals surface area contributed by atoms with Crippen molar-refractivity contribution >= 4 is 5.91 Å². The van der Waals surface area contributed by atoms with E-state index in [9.17, 15) is 4.79 Å². The van der Waals surface area contributed by atoms with E-state index in [1.54, 1.807) is 19.2 Å². The summed E-state index contributed by atoms with van der Waals surface area (Å²) in [6, 6.07) is 11.6. The van der Waals surface area contributed by atoms with Gasteiger partial charge < -0.3 is 14.5 Å². The third-order valence-corrected chi connectivity index (χ3v) is 4.28.